The van der Waals surface area contributed by atoms with E-state index in [9.17, 15) is 24.3 Å². The van der Waals surface area contributed by atoms with Crippen molar-refractivity contribution in [2.45, 2.75) is 109 Å². The molecule has 200 valence electrons. The Kier molecular flexibility index (Phi) is 6.53. The summed E-state index contributed by atoms with van der Waals surface area (Å²) in [6, 6.07) is 0. The molecule has 0 aromatic rings. The fourth-order valence-electron chi connectivity index (χ4n) is 6.98. The molecular weight excluding hydrogens is 472 g/mol. The van der Waals surface area contributed by atoms with Gasteiger partial charge in [0.15, 0.2) is 17.3 Å². The van der Waals surface area contributed by atoms with Crippen molar-refractivity contribution in [2.24, 2.45) is 17.3 Å². The number of allylic oxidation sites excluding steroid dienone is 1. The molecule has 4 aliphatic rings. The number of hydrogen-bond acceptors (Lipinski definition) is 10. The number of fused-ring (bicyclic) bond motifs is 1. The second-order valence-electron chi connectivity index (χ2n) is 11.1. The highest BCUT2D eigenvalue weighted by atomic mass is 16.7. The van der Waals surface area contributed by atoms with Crippen LogP contribution in [0.2, 0.25) is 0 Å². The number of carbonyl (C=O) groups excluding carboxylic acids is 4. The average molecular weight is 509 g/mol. The van der Waals surface area contributed by atoms with Crippen molar-refractivity contribution in [1.29, 1.82) is 0 Å². The third-order valence-electron chi connectivity index (χ3n) is 8.78. The SMILES string of the molecule is CC(=O)O[C@H]1C[C@H](OC(C)=O)[C@@]2(C)[C@H]([C@H]1C)[C@@H](O)[C@]13O[C@@]1(C)C(=O)O[C@H]3/C=C(/C)CC[C@H]2OC(C)=O. The largest absolute Gasteiger partial charge is 0.462 e. The molecule has 0 aromatic carbocycles. The molecule has 0 bridgehead atoms. The normalized spacial score (nSPS) is 47.1. The first kappa shape index (κ1) is 26.6. The maximum Gasteiger partial charge on any atom is 0.342 e. The standard InChI is InChI=1S/C26H36O10/c1-12-8-9-18(33-15(4)28)24(6)19(34-16(5)29)11-17(32-14(3)27)13(2)21(24)22(30)26-20(10-12)35-23(31)25(26,7)36-26/h10,13,17-22,30H,8-9,11H2,1-7H3/b12-10-/t13-,17-,18+,19-,20-,21+,22+,24-,25-,26-/m0/s1. The Balaban J connectivity index is 1.92. The summed E-state index contributed by atoms with van der Waals surface area (Å²) in [6.07, 6.45) is -1.61. The quantitative estimate of drug-likeness (QED) is 0.261. The maximum atomic E-state index is 12.8. The van der Waals surface area contributed by atoms with E-state index in [0.717, 1.165) is 5.57 Å². The highest BCUT2D eigenvalue weighted by molar-refractivity contribution is 5.88. The zero-order valence-corrected chi connectivity index (χ0v) is 21.9. The molecule has 0 unspecified atom stereocenters. The summed E-state index contributed by atoms with van der Waals surface area (Å²) < 4.78 is 29.0. The van der Waals surface area contributed by atoms with Gasteiger partial charge in [-0.1, -0.05) is 19.4 Å². The summed E-state index contributed by atoms with van der Waals surface area (Å²) in [7, 11) is 0. The molecule has 4 rings (SSSR count). The van der Waals surface area contributed by atoms with Crippen LogP contribution >= 0.6 is 0 Å². The van der Waals surface area contributed by atoms with Crippen molar-refractivity contribution in [1.82, 2.24) is 0 Å². The van der Waals surface area contributed by atoms with Gasteiger partial charge in [-0.2, -0.15) is 0 Å². The topological polar surface area (TPSA) is 138 Å². The summed E-state index contributed by atoms with van der Waals surface area (Å²) in [5.41, 5.74) is -2.98. The highest BCUT2D eigenvalue weighted by Crippen LogP contribution is 2.65. The predicted octanol–water partition coefficient (Wildman–Crippen LogP) is 2.00. The molecule has 0 radical (unpaired) electrons. The Morgan fingerprint density at radius 2 is 1.61 bits per heavy atom. The monoisotopic (exact) mass is 508 g/mol. The minimum atomic E-state index is -1.39. The number of esters is 4. The first-order chi connectivity index (χ1) is 16.7. The summed E-state index contributed by atoms with van der Waals surface area (Å²) in [5.74, 6) is -3.37. The molecule has 1 spiro atoms. The van der Waals surface area contributed by atoms with E-state index in [1.54, 1.807) is 13.0 Å². The van der Waals surface area contributed by atoms with E-state index in [1.807, 2.05) is 20.8 Å². The van der Waals surface area contributed by atoms with Crippen LogP contribution < -0.4 is 0 Å². The highest BCUT2D eigenvalue weighted by Gasteiger charge is 2.86. The zero-order chi connectivity index (χ0) is 26.8. The molecule has 0 aromatic heterocycles. The summed E-state index contributed by atoms with van der Waals surface area (Å²) in [5, 5.41) is 12.1. The fraction of sp³-hybridized carbons (Fsp3) is 0.769. The van der Waals surface area contributed by atoms with Gasteiger partial charge in [0.2, 0.25) is 0 Å². The molecule has 10 heteroatoms. The van der Waals surface area contributed by atoms with E-state index >= 15 is 0 Å². The van der Waals surface area contributed by atoms with Crippen molar-refractivity contribution >= 4 is 23.9 Å². The lowest BCUT2D eigenvalue weighted by Gasteiger charge is -2.56. The zero-order valence-electron chi connectivity index (χ0n) is 21.9. The second-order valence-corrected chi connectivity index (χ2v) is 11.1. The van der Waals surface area contributed by atoms with Crippen molar-refractivity contribution in [3.63, 3.8) is 0 Å². The van der Waals surface area contributed by atoms with Gasteiger partial charge in [0.1, 0.15) is 18.3 Å². The Morgan fingerprint density at radius 3 is 2.17 bits per heavy atom. The molecule has 2 heterocycles. The number of rotatable bonds is 3. The van der Waals surface area contributed by atoms with Crippen molar-refractivity contribution in [3.05, 3.63) is 11.6 Å². The number of aliphatic hydroxyl groups is 1. The molecule has 10 nitrogen and oxygen atoms in total. The molecule has 2 saturated heterocycles. The molecule has 1 N–H and O–H groups in total. The molecular formula is C26H36O10. The third kappa shape index (κ3) is 3.84. The van der Waals surface area contributed by atoms with Crippen molar-refractivity contribution in [3.8, 4) is 0 Å². The van der Waals surface area contributed by atoms with E-state index in [-0.39, 0.29) is 6.42 Å². The van der Waals surface area contributed by atoms with E-state index in [1.165, 1.54) is 20.8 Å². The lowest BCUT2D eigenvalue weighted by molar-refractivity contribution is -0.230. The van der Waals surface area contributed by atoms with Crippen molar-refractivity contribution in [2.75, 3.05) is 0 Å². The number of epoxide rings is 1. The van der Waals surface area contributed by atoms with Crippen LogP contribution in [0.3, 0.4) is 0 Å². The van der Waals surface area contributed by atoms with Gasteiger partial charge < -0.3 is 28.8 Å². The van der Waals surface area contributed by atoms with Crippen LogP contribution in [0.5, 0.6) is 0 Å². The molecule has 3 fully saturated rings. The number of hydrogen-bond donors (Lipinski definition) is 1. The van der Waals surface area contributed by atoms with Crippen LogP contribution in [0, 0.1) is 17.3 Å². The summed E-state index contributed by atoms with van der Waals surface area (Å²) in [4.78, 5) is 49.2. The van der Waals surface area contributed by atoms with E-state index < -0.39 is 82.8 Å². The Bertz CT molecular complexity index is 1000. The Hall–Kier alpha value is -2.46. The molecule has 36 heavy (non-hydrogen) atoms. The number of aliphatic hydroxyl groups excluding tert-OH is 1. The lowest BCUT2D eigenvalue weighted by Crippen LogP contribution is -2.65. The smallest absolute Gasteiger partial charge is 0.342 e. The minimum absolute atomic E-state index is 0.163. The van der Waals surface area contributed by atoms with Gasteiger partial charge in [-0.15, -0.1) is 0 Å². The van der Waals surface area contributed by atoms with Gasteiger partial charge in [-0.05, 0) is 38.7 Å². The lowest BCUT2D eigenvalue weighted by atomic mass is 9.53. The van der Waals surface area contributed by atoms with Gasteiger partial charge >= 0.3 is 23.9 Å². The van der Waals surface area contributed by atoms with Crippen LogP contribution in [-0.2, 0) is 42.9 Å². The van der Waals surface area contributed by atoms with E-state index in [4.69, 9.17) is 23.7 Å². The molecule has 2 aliphatic carbocycles. The number of ether oxygens (including phenoxy) is 5. The fourth-order valence-corrected chi connectivity index (χ4v) is 6.98. The first-order valence-electron chi connectivity index (χ1n) is 12.5. The predicted molar refractivity (Wildman–Crippen MR) is 123 cm³/mol. The summed E-state index contributed by atoms with van der Waals surface area (Å²) in [6.45, 7) is 11.0. The van der Waals surface area contributed by atoms with Gasteiger partial charge in [-0.25, -0.2) is 4.79 Å². The maximum absolute atomic E-state index is 12.8. The third-order valence-corrected chi connectivity index (χ3v) is 8.78. The van der Waals surface area contributed by atoms with Crippen LogP contribution in [-0.4, -0.2) is 70.7 Å². The Labute approximate surface area is 210 Å². The molecule has 1 saturated carbocycles. The van der Waals surface area contributed by atoms with E-state index in [2.05, 4.69) is 0 Å². The van der Waals surface area contributed by atoms with E-state index in [0.29, 0.717) is 12.8 Å². The Morgan fingerprint density at radius 1 is 1.03 bits per heavy atom. The van der Waals surface area contributed by atoms with Crippen LogP contribution in [0.4, 0.5) is 0 Å². The minimum Gasteiger partial charge on any atom is -0.462 e. The molecule has 2 aliphatic heterocycles. The van der Waals surface area contributed by atoms with Gasteiger partial charge in [-0.3, -0.25) is 14.4 Å². The number of carbonyl (C=O) groups is 4. The molecule has 10 atom stereocenters. The van der Waals surface area contributed by atoms with Gasteiger partial charge in [0, 0.05) is 38.5 Å². The average Bonchev–Trinajstić information content (AvgIpc) is 3.35. The van der Waals surface area contributed by atoms with Crippen LogP contribution in [0.15, 0.2) is 11.6 Å². The first-order valence-corrected chi connectivity index (χ1v) is 12.5. The van der Waals surface area contributed by atoms with Crippen LogP contribution in [0.1, 0.15) is 67.7 Å². The van der Waals surface area contributed by atoms with Gasteiger partial charge in [0.05, 0.1) is 6.10 Å². The molecule has 0 amide bonds. The van der Waals surface area contributed by atoms with Gasteiger partial charge in [0.25, 0.3) is 0 Å². The van der Waals surface area contributed by atoms with Crippen LogP contribution in [0.25, 0.3) is 0 Å². The summed E-state index contributed by atoms with van der Waals surface area (Å²) >= 11 is 0. The van der Waals surface area contributed by atoms with Crippen molar-refractivity contribution < 1.29 is 48.0 Å². The second kappa shape index (κ2) is 8.83.